The summed E-state index contributed by atoms with van der Waals surface area (Å²) in [7, 11) is 3.15. The van der Waals surface area contributed by atoms with Crippen LogP contribution in [0.1, 0.15) is 5.76 Å². The molecule has 1 aromatic carbocycles. The van der Waals surface area contributed by atoms with E-state index in [2.05, 4.69) is 37.2 Å². The number of ether oxygens (including phenoxy) is 2. The first kappa shape index (κ1) is 15.5. The highest BCUT2D eigenvalue weighted by Gasteiger charge is 2.11. The van der Waals surface area contributed by atoms with Crippen LogP contribution < -0.4 is 14.8 Å². The second kappa shape index (κ2) is 6.74. The van der Waals surface area contributed by atoms with Gasteiger partial charge in [-0.3, -0.25) is 0 Å². The lowest BCUT2D eigenvalue weighted by molar-refractivity contribution is 0.395. The fourth-order valence-corrected chi connectivity index (χ4v) is 2.56. The Bertz CT molecular complexity index is 596. The molecule has 0 aliphatic rings. The molecule has 7 heteroatoms. The zero-order chi connectivity index (χ0) is 14.7. The number of anilines is 1. The predicted octanol–water partition coefficient (Wildman–Crippen LogP) is 5.09. The Kier molecular flexibility index (Phi) is 5.23. The van der Waals surface area contributed by atoms with E-state index >= 15 is 0 Å². The lowest BCUT2D eigenvalue weighted by atomic mass is 10.2. The molecule has 2 aromatic rings. The van der Waals surface area contributed by atoms with Gasteiger partial charge in [-0.1, -0.05) is 11.6 Å². The van der Waals surface area contributed by atoms with Crippen molar-refractivity contribution in [2.45, 2.75) is 6.54 Å². The number of rotatable bonds is 5. The first-order chi connectivity index (χ1) is 9.55. The molecule has 0 aliphatic heterocycles. The summed E-state index contributed by atoms with van der Waals surface area (Å²) in [4.78, 5) is 0. The molecule has 0 bridgehead atoms. The molecule has 0 atom stereocenters. The quantitative estimate of drug-likeness (QED) is 0.725. The van der Waals surface area contributed by atoms with E-state index in [9.17, 15) is 0 Å². The normalized spacial score (nSPS) is 10.4. The lowest BCUT2D eigenvalue weighted by Gasteiger charge is -2.13. The molecule has 0 saturated carbocycles. The summed E-state index contributed by atoms with van der Waals surface area (Å²) in [6.07, 6.45) is 0. The van der Waals surface area contributed by atoms with Crippen LogP contribution in [0.25, 0.3) is 0 Å². The topological polar surface area (TPSA) is 43.6 Å². The van der Waals surface area contributed by atoms with Gasteiger partial charge in [-0.25, -0.2) is 0 Å². The van der Waals surface area contributed by atoms with E-state index in [4.69, 9.17) is 25.5 Å². The predicted molar refractivity (Wildman–Crippen MR) is 86.0 cm³/mol. The van der Waals surface area contributed by atoms with Gasteiger partial charge in [-0.05, 0) is 44.0 Å². The third kappa shape index (κ3) is 3.42. The van der Waals surface area contributed by atoms with Gasteiger partial charge in [-0.2, -0.15) is 0 Å². The van der Waals surface area contributed by atoms with Crippen molar-refractivity contribution in [1.82, 2.24) is 0 Å². The van der Waals surface area contributed by atoms with Gasteiger partial charge in [0.25, 0.3) is 0 Å². The fraction of sp³-hybridized carbons (Fsp3) is 0.231. The van der Waals surface area contributed by atoms with Crippen LogP contribution in [-0.2, 0) is 6.54 Å². The number of furan rings is 1. The molecular formula is C13H12Br2ClNO3. The zero-order valence-corrected chi connectivity index (χ0v) is 14.7. The Balaban J connectivity index is 2.18. The minimum atomic E-state index is 0.503. The molecule has 0 radical (unpaired) electrons. The maximum Gasteiger partial charge on any atom is 0.183 e. The second-order valence-electron chi connectivity index (χ2n) is 3.87. The Hall–Kier alpha value is -0.850. The van der Waals surface area contributed by atoms with Crippen LogP contribution in [0.5, 0.6) is 11.5 Å². The van der Waals surface area contributed by atoms with Crippen molar-refractivity contribution in [1.29, 1.82) is 0 Å². The van der Waals surface area contributed by atoms with Crippen LogP contribution >= 0.6 is 43.5 Å². The van der Waals surface area contributed by atoms with Gasteiger partial charge < -0.3 is 19.2 Å². The Morgan fingerprint density at radius 1 is 1.15 bits per heavy atom. The monoisotopic (exact) mass is 423 g/mol. The van der Waals surface area contributed by atoms with Crippen molar-refractivity contribution < 1.29 is 13.9 Å². The number of hydrogen-bond acceptors (Lipinski definition) is 4. The van der Waals surface area contributed by atoms with Gasteiger partial charge >= 0.3 is 0 Å². The maximum atomic E-state index is 6.11. The Morgan fingerprint density at radius 3 is 2.40 bits per heavy atom. The zero-order valence-electron chi connectivity index (χ0n) is 10.8. The van der Waals surface area contributed by atoms with Gasteiger partial charge in [0.2, 0.25) is 0 Å². The Labute approximate surface area is 138 Å². The van der Waals surface area contributed by atoms with Gasteiger partial charge in [-0.15, -0.1) is 0 Å². The summed E-state index contributed by atoms with van der Waals surface area (Å²) in [5.41, 5.74) is 0.766. The van der Waals surface area contributed by atoms with E-state index in [0.717, 1.165) is 15.9 Å². The minimum absolute atomic E-state index is 0.503. The summed E-state index contributed by atoms with van der Waals surface area (Å²) in [6.45, 7) is 0.503. The van der Waals surface area contributed by atoms with Crippen molar-refractivity contribution in [3.63, 3.8) is 0 Å². The van der Waals surface area contributed by atoms with E-state index in [1.807, 2.05) is 6.07 Å². The molecule has 20 heavy (non-hydrogen) atoms. The average molecular weight is 426 g/mol. The fourth-order valence-electron chi connectivity index (χ4n) is 1.66. The molecule has 0 fully saturated rings. The Morgan fingerprint density at radius 2 is 1.85 bits per heavy atom. The molecule has 1 heterocycles. The number of benzene rings is 1. The van der Waals surface area contributed by atoms with E-state index in [-0.39, 0.29) is 0 Å². The van der Waals surface area contributed by atoms with Gasteiger partial charge in [0.15, 0.2) is 4.67 Å². The van der Waals surface area contributed by atoms with Crippen LogP contribution in [0.3, 0.4) is 0 Å². The minimum Gasteiger partial charge on any atom is -0.495 e. The first-order valence-electron chi connectivity index (χ1n) is 5.64. The average Bonchev–Trinajstić information content (AvgIpc) is 2.75. The van der Waals surface area contributed by atoms with Crippen molar-refractivity contribution in [3.8, 4) is 11.5 Å². The summed E-state index contributed by atoms with van der Waals surface area (Å²) >= 11 is 12.8. The first-order valence-corrected chi connectivity index (χ1v) is 7.60. The van der Waals surface area contributed by atoms with E-state index in [1.165, 1.54) is 0 Å². The third-order valence-corrected chi connectivity index (χ3v) is 4.63. The highest BCUT2D eigenvalue weighted by Crippen LogP contribution is 2.36. The van der Waals surface area contributed by atoms with E-state index < -0.39 is 0 Å². The van der Waals surface area contributed by atoms with Crippen LogP contribution in [0.2, 0.25) is 5.02 Å². The van der Waals surface area contributed by atoms with Crippen LogP contribution in [0.4, 0.5) is 5.69 Å². The lowest BCUT2D eigenvalue weighted by Crippen LogP contribution is -2.01. The van der Waals surface area contributed by atoms with Crippen LogP contribution in [0.15, 0.2) is 31.8 Å². The highest BCUT2D eigenvalue weighted by atomic mass is 79.9. The molecule has 2 rings (SSSR count). The molecule has 0 spiro atoms. The molecule has 108 valence electrons. The molecule has 0 saturated heterocycles. The summed E-state index contributed by atoms with van der Waals surface area (Å²) < 4.78 is 17.5. The SMILES string of the molecule is COc1cc(OC)c(NCc2cc(Br)c(Br)o2)cc1Cl. The van der Waals surface area contributed by atoms with Crippen molar-refractivity contribution in [3.05, 3.63) is 38.1 Å². The van der Waals surface area contributed by atoms with E-state index in [1.54, 1.807) is 26.4 Å². The number of halogens is 3. The molecular weight excluding hydrogens is 413 g/mol. The van der Waals surface area contributed by atoms with Gasteiger partial charge in [0, 0.05) is 6.07 Å². The van der Waals surface area contributed by atoms with Crippen molar-refractivity contribution in [2.24, 2.45) is 0 Å². The van der Waals surface area contributed by atoms with E-state index in [0.29, 0.717) is 27.7 Å². The summed E-state index contributed by atoms with van der Waals surface area (Å²) in [6, 6.07) is 5.37. The standard InChI is InChI=1S/C13H12Br2ClNO3/c1-18-11-5-12(19-2)10(4-9(11)16)17-6-7-3-8(14)13(15)20-7/h3-5,17H,6H2,1-2H3. The second-order valence-corrected chi connectivity index (χ2v) is 5.86. The highest BCUT2D eigenvalue weighted by molar-refractivity contribution is 9.13. The number of hydrogen-bond donors (Lipinski definition) is 1. The summed E-state index contributed by atoms with van der Waals surface area (Å²) in [5.74, 6) is 1.99. The molecule has 0 unspecified atom stereocenters. The molecule has 1 N–H and O–H groups in total. The van der Waals surface area contributed by atoms with Crippen LogP contribution in [0, 0.1) is 0 Å². The van der Waals surface area contributed by atoms with Crippen molar-refractivity contribution in [2.75, 3.05) is 19.5 Å². The number of nitrogens with one attached hydrogen (secondary N) is 1. The summed E-state index contributed by atoms with van der Waals surface area (Å²) in [5, 5.41) is 3.72. The smallest absolute Gasteiger partial charge is 0.183 e. The molecule has 1 aromatic heterocycles. The molecule has 4 nitrogen and oxygen atoms in total. The number of methoxy groups -OCH3 is 2. The molecule has 0 aliphatic carbocycles. The third-order valence-electron chi connectivity index (χ3n) is 2.62. The van der Waals surface area contributed by atoms with Gasteiger partial charge in [0.1, 0.15) is 17.3 Å². The van der Waals surface area contributed by atoms with Crippen molar-refractivity contribution >= 4 is 49.1 Å². The maximum absolute atomic E-state index is 6.11. The van der Waals surface area contributed by atoms with Crippen LogP contribution in [-0.4, -0.2) is 14.2 Å². The molecule has 0 amide bonds. The van der Waals surface area contributed by atoms with Gasteiger partial charge in [0.05, 0.1) is 35.9 Å². The largest absolute Gasteiger partial charge is 0.495 e.